The third-order valence-electron chi connectivity index (χ3n) is 4.55. The van der Waals surface area contributed by atoms with Crippen molar-refractivity contribution in [2.45, 2.75) is 34.1 Å². The molecule has 0 fully saturated rings. The number of nitrogens with zero attached hydrogens (tertiary/aromatic N) is 1. The molecule has 5 nitrogen and oxygen atoms in total. The Morgan fingerprint density at radius 2 is 1.79 bits per heavy atom. The molecule has 6 heteroatoms. The minimum atomic E-state index is -3.30. The van der Waals surface area contributed by atoms with Crippen molar-refractivity contribution in [3.63, 3.8) is 0 Å². The Morgan fingerprint density at radius 1 is 1.14 bits per heavy atom. The van der Waals surface area contributed by atoms with Crippen LogP contribution in [-0.4, -0.2) is 25.8 Å². The summed E-state index contributed by atoms with van der Waals surface area (Å²) in [6.07, 6.45) is 2.36. The highest BCUT2D eigenvalue weighted by molar-refractivity contribution is 7.92. The van der Waals surface area contributed by atoms with Gasteiger partial charge in [0.05, 0.1) is 24.1 Å². The van der Waals surface area contributed by atoms with Crippen LogP contribution in [0.5, 0.6) is 5.75 Å². The zero-order valence-corrected chi connectivity index (χ0v) is 18.6. The van der Waals surface area contributed by atoms with Gasteiger partial charge in [0.15, 0.2) is 0 Å². The number of aromatic nitrogens is 1. The van der Waals surface area contributed by atoms with E-state index in [2.05, 4.69) is 18.2 Å². The monoisotopic (exact) mass is 414 g/mol. The summed E-state index contributed by atoms with van der Waals surface area (Å²) in [5.41, 5.74) is 4.72. The molecule has 0 saturated carbocycles. The molecule has 156 valence electrons. The molecule has 3 rings (SSSR count). The van der Waals surface area contributed by atoms with Gasteiger partial charge in [0, 0.05) is 23.3 Å². The highest BCUT2D eigenvalue weighted by Gasteiger charge is 2.15. The average molecular weight is 415 g/mol. The third kappa shape index (κ3) is 4.82. The lowest BCUT2D eigenvalue weighted by Crippen LogP contribution is -2.15. The molecular weight excluding hydrogens is 384 g/mol. The molecule has 29 heavy (non-hydrogen) atoms. The van der Waals surface area contributed by atoms with Crippen molar-refractivity contribution in [3.05, 3.63) is 54.6 Å². The first-order valence-electron chi connectivity index (χ1n) is 9.82. The summed E-state index contributed by atoms with van der Waals surface area (Å²) in [4.78, 5) is 0. The van der Waals surface area contributed by atoms with Crippen LogP contribution in [0.3, 0.4) is 0 Å². The minimum absolute atomic E-state index is 0.112. The van der Waals surface area contributed by atoms with Gasteiger partial charge in [-0.1, -0.05) is 39.5 Å². The van der Waals surface area contributed by atoms with Crippen molar-refractivity contribution in [1.29, 1.82) is 0 Å². The van der Waals surface area contributed by atoms with E-state index in [-0.39, 0.29) is 5.75 Å². The van der Waals surface area contributed by atoms with E-state index < -0.39 is 10.0 Å². The summed E-state index contributed by atoms with van der Waals surface area (Å²) < 4.78 is 33.9. The number of aryl methyl sites for hydroxylation is 1. The largest absolute Gasteiger partial charge is 0.497 e. The molecule has 1 heterocycles. The first kappa shape index (κ1) is 22.6. The maximum atomic E-state index is 11.9. The van der Waals surface area contributed by atoms with E-state index in [9.17, 15) is 8.42 Å². The van der Waals surface area contributed by atoms with Crippen LogP contribution >= 0.6 is 0 Å². The molecule has 3 aromatic rings. The number of ether oxygens (including phenoxy) is 1. The minimum Gasteiger partial charge on any atom is -0.497 e. The summed E-state index contributed by atoms with van der Waals surface area (Å²) in [5, 5.41) is 1.12. The molecule has 0 radical (unpaired) electrons. The number of hydrogen-bond acceptors (Lipinski definition) is 3. The van der Waals surface area contributed by atoms with Crippen LogP contribution in [0.1, 0.15) is 32.8 Å². The number of benzene rings is 2. The molecule has 0 aliphatic carbocycles. The topological polar surface area (TPSA) is 60.3 Å². The molecule has 0 unspecified atom stereocenters. The number of nitrogens with one attached hydrogen (secondary N) is 1. The van der Waals surface area contributed by atoms with Crippen LogP contribution in [0, 0.1) is 6.92 Å². The molecule has 0 spiro atoms. The van der Waals surface area contributed by atoms with Gasteiger partial charge in [0.2, 0.25) is 10.0 Å². The summed E-state index contributed by atoms with van der Waals surface area (Å²) in [7, 11) is -1.65. The van der Waals surface area contributed by atoms with Crippen molar-refractivity contribution in [2.24, 2.45) is 0 Å². The van der Waals surface area contributed by atoms with E-state index in [0.717, 1.165) is 33.5 Å². The fraction of sp³-hybridized carbons (Fsp3) is 0.304. The first-order chi connectivity index (χ1) is 13.9. The zero-order chi connectivity index (χ0) is 21.6. The Hall–Kier alpha value is -2.73. The summed E-state index contributed by atoms with van der Waals surface area (Å²) in [6, 6.07) is 13.4. The number of methoxy groups -OCH3 is 1. The lowest BCUT2D eigenvalue weighted by atomic mass is 10.1. The van der Waals surface area contributed by atoms with Gasteiger partial charge in [0.25, 0.3) is 0 Å². The Balaban J connectivity index is 0.00000145. The van der Waals surface area contributed by atoms with Gasteiger partial charge in [-0.25, -0.2) is 8.42 Å². The number of sulfonamides is 1. The van der Waals surface area contributed by atoms with E-state index in [0.29, 0.717) is 12.1 Å². The van der Waals surface area contributed by atoms with Crippen molar-refractivity contribution in [3.8, 4) is 17.0 Å². The summed E-state index contributed by atoms with van der Waals surface area (Å²) in [6.45, 7) is 11.9. The summed E-state index contributed by atoms with van der Waals surface area (Å²) in [5.74, 6) is 0.899. The molecule has 0 amide bonds. The normalized spacial score (nSPS) is 10.9. The molecule has 0 saturated heterocycles. The standard InChI is InChI=1S/C21H24N2O3S.C2H6/c1-5-13-27(24,25)22-17-9-7-16(8-10-17)21-15(3)19-12-11-18(26-4)14-20(19)23(21)6-2;1-2/h6-12,14,22H,2,5,13H2,1,3-4H3;1-2H3. The second-order valence-corrected chi connectivity index (χ2v) is 8.25. The Bertz CT molecular complexity index is 1080. The fourth-order valence-corrected chi connectivity index (χ4v) is 4.46. The second kappa shape index (κ2) is 9.65. The molecular formula is C23H30N2O3S. The lowest BCUT2D eigenvalue weighted by molar-refractivity contribution is 0.415. The van der Waals surface area contributed by atoms with Crippen molar-refractivity contribution >= 4 is 32.8 Å². The first-order valence-corrected chi connectivity index (χ1v) is 11.5. The third-order valence-corrected chi connectivity index (χ3v) is 6.04. The van der Waals surface area contributed by atoms with Gasteiger partial charge in [-0.15, -0.1) is 0 Å². The van der Waals surface area contributed by atoms with Crippen LogP contribution in [0.2, 0.25) is 0 Å². The predicted octanol–water partition coefficient (Wildman–Crippen LogP) is 5.90. The molecule has 1 aromatic heterocycles. The van der Waals surface area contributed by atoms with Gasteiger partial charge < -0.3 is 9.30 Å². The Labute approximate surface area is 174 Å². The fourth-order valence-electron chi connectivity index (χ4n) is 3.32. The second-order valence-electron chi connectivity index (χ2n) is 6.41. The predicted molar refractivity (Wildman–Crippen MR) is 124 cm³/mol. The summed E-state index contributed by atoms with van der Waals surface area (Å²) >= 11 is 0. The van der Waals surface area contributed by atoms with E-state index in [1.165, 1.54) is 0 Å². The van der Waals surface area contributed by atoms with Gasteiger partial charge >= 0.3 is 0 Å². The van der Waals surface area contributed by atoms with Gasteiger partial charge in [0.1, 0.15) is 5.75 Å². The van der Waals surface area contributed by atoms with E-state index >= 15 is 0 Å². The lowest BCUT2D eigenvalue weighted by Gasteiger charge is -2.10. The molecule has 0 bridgehead atoms. The SMILES string of the molecule is C=Cn1c(-c2ccc(NS(=O)(=O)CCC)cc2)c(C)c2ccc(OC)cc21.CC. The number of anilines is 1. The quantitative estimate of drug-likeness (QED) is 0.523. The Kier molecular flexibility index (Phi) is 7.51. The van der Waals surface area contributed by atoms with Crippen molar-refractivity contribution in [1.82, 2.24) is 4.57 Å². The van der Waals surface area contributed by atoms with Crippen LogP contribution < -0.4 is 9.46 Å². The van der Waals surface area contributed by atoms with Crippen molar-refractivity contribution in [2.75, 3.05) is 17.6 Å². The van der Waals surface area contributed by atoms with E-state index in [1.54, 1.807) is 25.4 Å². The Morgan fingerprint density at radius 3 is 2.34 bits per heavy atom. The highest BCUT2D eigenvalue weighted by Crippen LogP contribution is 2.35. The van der Waals surface area contributed by atoms with Crippen LogP contribution in [0.4, 0.5) is 5.69 Å². The zero-order valence-electron chi connectivity index (χ0n) is 17.8. The number of hydrogen-bond donors (Lipinski definition) is 1. The van der Waals surface area contributed by atoms with E-state index in [1.807, 2.05) is 55.7 Å². The highest BCUT2D eigenvalue weighted by atomic mass is 32.2. The molecule has 1 N–H and O–H groups in total. The smallest absolute Gasteiger partial charge is 0.232 e. The van der Waals surface area contributed by atoms with Crippen molar-refractivity contribution < 1.29 is 13.2 Å². The maximum absolute atomic E-state index is 11.9. The number of rotatable bonds is 7. The van der Waals surface area contributed by atoms with Crippen LogP contribution in [0.15, 0.2) is 49.0 Å². The molecule has 2 aromatic carbocycles. The molecule has 0 aliphatic heterocycles. The van der Waals surface area contributed by atoms with E-state index in [4.69, 9.17) is 4.74 Å². The average Bonchev–Trinajstić information content (AvgIpc) is 3.00. The number of fused-ring (bicyclic) bond motifs is 1. The van der Waals surface area contributed by atoms with Gasteiger partial charge in [-0.3, -0.25) is 4.72 Å². The van der Waals surface area contributed by atoms with Crippen LogP contribution in [0.25, 0.3) is 28.4 Å². The van der Waals surface area contributed by atoms with Gasteiger partial charge in [-0.05, 0) is 48.7 Å². The van der Waals surface area contributed by atoms with Gasteiger partial charge in [-0.2, -0.15) is 0 Å². The van der Waals surface area contributed by atoms with Crippen LogP contribution in [-0.2, 0) is 10.0 Å². The maximum Gasteiger partial charge on any atom is 0.232 e. The molecule has 0 aliphatic rings. The molecule has 0 atom stereocenters.